The van der Waals surface area contributed by atoms with E-state index in [4.69, 9.17) is 13.9 Å². The fourth-order valence-corrected chi connectivity index (χ4v) is 5.00. The van der Waals surface area contributed by atoms with E-state index in [2.05, 4.69) is 67.3 Å². The molecule has 0 aliphatic carbocycles. The maximum absolute atomic E-state index is 13.1. The second kappa shape index (κ2) is 13.4. The first-order chi connectivity index (χ1) is 17.4. The molecule has 3 atom stereocenters. The van der Waals surface area contributed by atoms with Gasteiger partial charge in [0, 0.05) is 12.0 Å². The first-order valence-electron chi connectivity index (χ1n) is 13.2. The standard InChI is InChI=1S/C32H46O4Si/c1-10-18-25(3)32(7,24-35-37(8,9)31(4,5)6)29(34-23-26-19-14-12-15-20-26)28(11-2)36-30(33)27-21-16-13-17-22-27/h11-22,28-29H,2,10,23-24H2,1,3-9H3/b25-18+/t28-,29+,32+/m1/s1. The number of hydrogen-bond donors (Lipinski definition) is 0. The second-order valence-corrected chi connectivity index (χ2v) is 16.3. The lowest BCUT2D eigenvalue weighted by atomic mass is 9.75. The molecule has 0 aliphatic heterocycles. The molecule has 2 aromatic rings. The van der Waals surface area contributed by atoms with Crippen molar-refractivity contribution in [1.29, 1.82) is 0 Å². The summed E-state index contributed by atoms with van der Waals surface area (Å²) < 4.78 is 19.5. The van der Waals surface area contributed by atoms with Gasteiger partial charge >= 0.3 is 5.97 Å². The van der Waals surface area contributed by atoms with Gasteiger partial charge in [-0.1, -0.05) is 101 Å². The van der Waals surface area contributed by atoms with Gasteiger partial charge in [0.15, 0.2) is 8.32 Å². The van der Waals surface area contributed by atoms with Crippen LogP contribution in [0.2, 0.25) is 18.1 Å². The van der Waals surface area contributed by atoms with Crippen LogP contribution in [0.5, 0.6) is 0 Å². The SMILES string of the molecule is C=C[C@@H](OC(=O)c1ccccc1)[C@H](OCc1ccccc1)[C@@](C)(CO[Si](C)(C)C(C)(C)C)/C(C)=C/CC. The summed E-state index contributed by atoms with van der Waals surface area (Å²) in [5.74, 6) is -0.399. The fourth-order valence-electron chi connectivity index (χ4n) is 3.91. The van der Waals surface area contributed by atoms with Crippen molar-refractivity contribution in [2.24, 2.45) is 5.41 Å². The van der Waals surface area contributed by atoms with Gasteiger partial charge in [-0.15, -0.1) is 0 Å². The molecule has 0 saturated carbocycles. The molecule has 4 nitrogen and oxygen atoms in total. The number of carbonyl (C=O) groups excluding carboxylic acids is 1. The van der Waals surface area contributed by atoms with E-state index in [1.807, 2.05) is 48.5 Å². The lowest BCUT2D eigenvalue weighted by Crippen LogP contribution is -2.51. The molecule has 0 heterocycles. The normalized spacial score (nSPS) is 15.9. The van der Waals surface area contributed by atoms with Crippen molar-refractivity contribution < 1.29 is 18.7 Å². The highest BCUT2D eigenvalue weighted by Crippen LogP contribution is 2.42. The van der Waals surface area contributed by atoms with Crippen LogP contribution >= 0.6 is 0 Å². The minimum atomic E-state index is -2.06. The number of allylic oxidation sites excluding steroid dienone is 1. The molecule has 0 radical (unpaired) electrons. The number of esters is 1. The molecule has 0 aromatic heterocycles. The second-order valence-electron chi connectivity index (χ2n) is 11.5. The number of carbonyl (C=O) groups is 1. The topological polar surface area (TPSA) is 44.8 Å². The summed E-state index contributed by atoms with van der Waals surface area (Å²) in [6.07, 6.45) is 3.60. The third-order valence-electron chi connectivity index (χ3n) is 7.63. The molecule has 37 heavy (non-hydrogen) atoms. The molecule has 202 valence electrons. The monoisotopic (exact) mass is 522 g/mol. The molecule has 0 spiro atoms. The molecule has 0 bridgehead atoms. The van der Waals surface area contributed by atoms with Crippen LogP contribution in [0.15, 0.2) is 85.0 Å². The van der Waals surface area contributed by atoms with Gasteiger partial charge in [-0.25, -0.2) is 4.79 Å². The zero-order valence-electron chi connectivity index (χ0n) is 24.0. The van der Waals surface area contributed by atoms with E-state index in [-0.39, 0.29) is 5.04 Å². The summed E-state index contributed by atoms with van der Waals surface area (Å²) in [6, 6.07) is 19.1. The Bertz CT molecular complexity index is 1020. The largest absolute Gasteiger partial charge is 0.452 e. The Morgan fingerprint density at radius 1 is 1.00 bits per heavy atom. The predicted molar refractivity (Wildman–Crippen MR) is 156 cm³/mol. The quantitative estimate of drug-likeness (QED) is 0.151. The zero-order valence-corrected chi connectivity index (χ0v) is 25.0. The van der Waals surface area contributed by atoms with Crippen LogP contribution in [0, 0.1) is 5.41 Å². The maximum Gasteiger partial charge on any atom is 0.338 e. The third-order valence-corrected chi connectivity index (χ3v) is 12.1. The smallest absolute Gasteiger partial charge is 0.338 e. The Balaban J connectivity index is 2.50. The number of hydrogen-bond acceptors (Lipinski definition) is 4. The van der Waals surface area contributed by atoms with Crippen LogP contribution in [0.25, 0.3) is 0 Å². The molecule has 0 unspecified atom stereocenters. The van der Waals surface area contributed by atoms with Crippen molar-refractivity contribution in [3.05, 3.63) is 96.1 Å². The van der Waals surface area contributed by atoms with Crippen molar-refractivity contribution in [3.8, 4) is 0 Å². The minimum absolute atomic E-state index is 0.0638. The fraction of sp³-hybridized carbons (Fsp3) is 0.469. The van der Waals surface area contributed by atoms with Crippen LogP contribution in [-0.2, 0) is 20.5 Å². The maximum atomic E-state index is 13.1. The molecule has 0 saturated heterocycles. The summed E-state index contributed by atoms with van der Waals surface area (Å²) in [4.78, 5) is 13.1. The number of benzene rings is 2. The van der Waals surface area contributed by atoms with E-state index < -0.39 is 31.9 Å². The van der Waals surface area contributed by atoms with Crippen molar-refractivity contribution in [2.75, 3.05) is 6.61 Å². The Morgan fingerprint density at radius 3 is 2.08 bits per heavy atom. The van der Waals surface area contributed by atoms with Crippen LogP contribution in [0.3, 0.4) is 0 Å². The van der Waals surface area contributed by atoms with Crippen molar-refractivity contribution in [1.82, 2.24) is 0 Å². The van der Waals surface area contributed by atoms with Crippen LogP contribution < -0.4 is 0 Å². The summed E-state index contributed by atoms with van der Waals surface area (Å²) in [5.41, 5.74) is 2.14. The van der Waals surface area contributed by atoms with Gasteiger partial charge in [0.05, 0.1) is 12.2 Å². The third kappa shape index (κ3) is 8.26. The van der Waals surface area contributed by atoms with Crippen LogP contribution in [-0.4, -0.2) is 33.1 Å². The Morgan fingerprint density at radius 2 is 1.57 bits per heavy atom. The molecule has 0 amide bonds. The Labute approximate surface area is 225 Å². The van der Waals surface area contributed by atoms with Gasteiger partial charge in [-0.2, -0.15) is 0 Å². The summed E-state index contributed by atoms with van der Waals surface area (Å²) in [5, 5.41) is 0.0638. The van der Waals surface area contributed by atoms with E-state index in [1.165, 1.54) is 0 Å². The summed E-state index contributed by atoms with van der Waals surface area (Å²) >= 11 is 0. The highest BCUT2D eigenvalue weighted by atomic mass is 28.4. The van der Waals surface area contributed by atoms with Gasteiger partial charge in [0.2, 0.25) is 0 Å². The molecular formula is C32H46O4Si. The average Bonchev–Trinajstić information content (AvgIpc) is 2.87. The Kier molecular flexibility index (Phi) is 11.1. The zero-order chi connectivity index (χ0) is 27.7. The van der Waals surface area contributed by atoms with Crippen LogP contribution in [0.1, 0.15) is 63.9 Å². The molecule has 0 fully saturated rings. The summed E-state index contributed by atoms with van der Waals surface area (Å²) in [6.45, 7) is 22.5. The molecule has 2 rings (SSSR count). The Hall–Kier alpha value is -2.47. The highest BCUT2D eigenvalue weighted by molar-refractivity contribution is 6.74. The lowest BCUT2D eigenvalue weighted by Gasteiger charge is -2.45. The molecular weight excluding hydrogens is 476 g/mol. The van der Waals surface area contributed by atoms with Crippen molar-refractivity contribution in [2.45, 2.75) is 84.9 Å². The van der Waals surface area contributed by atoms with Crippen molar-refractivity contribution >= 4 is 14.3 Å². The van der Waals surface area contributed by atoms with Crippen molar-refractivity contribution in [3.63, 3.8) is 0 Å². The first kappa shape index (κ1) is 30.7. The average molecular weight is 523 g/mol. The minimum Gasteiger partial charge on any atom is -0.452 e. The number of rotatable bonds is 13. The predicted octanol–water partition coefficient (Wildman–Crippen LogP) is 8.37. The number of ether oxygens (including phenoxy) is 2. The van der Waals surface area contributed by atoms with E-state index in [0.717, 1.165) is 17.6 Å². The van der Waals surface area contributed by atoms with Gasteiger partial charge < -0.3 is 13.9 Å². The van der Waals surface area contributed by atoms with Gasteiger partial charge in [-0.05, 0) is 55.2 Å². The van der Waals surface area contributed by atoms with E-state index in [1.54, 1.807) is 18.2 Å². The molecule has 0 N–H and O–H groups in total. The first-order valence-corrected chi connectivity index (χ1v) is 16.1. The highest BCUT2D eigenvalue weighted by Gasteiger charge is 2.46. The van der Waals surface area contributed by atoms with E-state index >= 15 is 0 Å². The molecule has 2 aromatic carbocycles. The van der Waals surface area contributed by atoms with E-state index in [0.29, 0.717) is 18.8 Å². The summed E-state index contributed by atoms with van der Waals surface area (Å²) in [7, 11) is -2.06. The molecule has 5 heteroatoms. The van der Waals surface area contributed by atoms with Gasteiger partial charge in [0.1, 0.15) is 12.2 Å². The van der Waals surface area contributed by atoms with E-state index in [9.17, 15) is 4.79 Å². The lowest BCUT2D eigenvalue weighted by molar-refractivity contribution is -0.101. The molecule has 0 aliphatic rings. The van der Waals surface area contributed by atoms with Gasteiger partial charge in [-0.3, -0.25) is 0 Å². The van der Waals surface area contributed by atoms with Crippen LogP contribution in [0.4, 0.5) is 0 Å². The van der Waals surface area contributed by atoms with Gasteiger partial charge in [0.25, 0.3) is 0 Å².